The van der Waals surface area contributed by atoms with Crippen molar-refractivity contribution in [2.75, 3.05) is 6.54 Å². The van der Waals surface area contributed by atoms with Crippen LogP contribution in [-0.2, 0) is 6.67 Å². The number of nitrogens with one attached hydrogen (secondary N) is 1. The third kappa shape index (κ3) is 4.22. The number of hydrogen-bond acceptors (Lipinski definition) is 4. The zero-order valence-corrected chi connectivity index (χ0v) is 20.8. The van der Waals surface area contributed by atoms with Gasteiger partial charge in [-0.2, -0.15) is 0 Å². The average molecular weight is 511 g/mol. The molecule has 5 rings (SSSR count). The summed E-state index contributed by atoms with van der Waals surface area (Å²) in [4.78, 5) is 17.9. The molecule has 1 unspecified atom stereocenters. The quantitative estimate of drug-likeness (QED) is 0.491. The van der Waals surface area contributed by atoms with Gasteiger partial charge in [-0.05, 0) is 42.2 Å². The molecule has 2 N–H and O–H groups in total. The first kappa shape index (κ1) is 22.2. The summed E-state index contributed by atoms with van der Waals surface area (Å²) in [6.07, 6.45) is 5.19. The molecule has 2 fully saturated rings. The van der Waals surface area contributed by atoms with E-state index in [0.717, 1.165) is 21.9 Å². The number of amides is 1. The molecule has 1 saturated carbocycles. The lowest BCUT2D eigenvalue weighted by molar-refractivity contribution is -0.936. The van der Waals surface area contributed by atoms with Crippen LogP contribution in [0.2, 0.25) is 0 Å². The Hall–Kier alpha value is -2.58. The Morgan fingerprint density at radius 3 is 2.85 bits per heavy atom. The minimum absolute atomic E-state index is 0.0408. The van der Waals surface area contributed by atoms with Crippen molar-refractivity contribution in [2.45, 2.75) is 52.7 Å². The Morgan fingerprint density at radius 2 is 2.09 bits per heavy atom. The van der Waals surface area contributed by atoms with Crippen molar-refractivity contribution in [3.63, 3.8) is 0 Å². The van der Waals surface area contributed by atoms with Crippen LogP contribution in [0.25, 0.3) is 10.9 Å². The molecular formula is C25H29BrN5O2+. The van der Waals surface area contributed by atoms with E-state index in [1.54, 1.807) is 24.4 Å². The molecule has 3 atom stereocenters. The number of quaternary nitrogens is 1. The van der Waals surface area contributed by atoms with Crippen LogP contribution in [-0.4, -0.2) is 33.2 Å². The van der Waals surface area contributed by atoms with Gasteiger partial charge in [0.05, 0.1) is 18.1 Å². The number of hydrogen-bond donors (Lipinski definition) is 2. The number of nitrogens with zero attached hydrogens (tertiary/aromatic N) is 4. The van der Waals surface area contributed by atoms with Crippen LogP contribution in [0.5, 0.6) is 5.88 Å². The van der Waals surface area contributed by atoms with Crippen LogP contribution in [0, 0.1) is 10.8 Å². The summed E-state index contributed by atoms with van der Waals surface area (Å²) in [7, 11) is 0. The van der Waals surface area contributed by atoms with Gasteiger partial charge in [0.25, 0.3) is 0 Å². The SMILES string of the molecule is CC1(C)C[C@H]2C[C@](C)(C[NH+]2Cn2c(O)c(N=NC(=O)c3ccccn3)c3cc(Br)ccc32)C1. The van der Waals surface area contributed by atoms with Crippen molar-refractivity contribution in [3.05, 3.63) is 52.8 Å². The summed E-state index contributed by atoms with van der Waals surface area (Å²) in [6.45, 7) is 8.90. The van der Waals surface area contributed by atoms with E-state index in [-0.39, 0.29) is 11.6 Å². The number of likely N-dealkylation sites (tertiary alicyclic amines) is 1. The highest BCUT2D eigenvalue weighted by Crippen LogP contribution is 2.47. The van der Waals surface area contributed by atoms with Gasteiger partial charge in [0.2, 0.25) is 5.88 Å². The average Bonchev–Trinajstić information content (AvgIpc) is 3.15. The van der Waals surface area contributed by atoms with Crippen LogP contribution < -0.4 is 4.90 Å². The van der Waals surface area contributed by atoms with E-state index in [4.69, 9.17) is 0 Å². The number of halogens is 1. The van der Waals surface area contributed by atoms with Crippen molar-refractivity contribution in [2.24, 2.45) is 21.1 Å². The maximum Gasteiger partial charge on any atom is 0.313 e. The van der Waals surface area contributed by atoms with Crippen molar-refractivity contribution in [3.8, 4) is 5.88 Å². The largest absolute Gasteiger partial charge is 0.493 e. The maximum atomic E-state index is 12.4. The minimum atomic E-state index is -0.542. The van der Waals surface area contributed by atoms with Crippen LogP contribution in [0.1, 0.15) is 50.5 Å². The number of carbonyl (C=O) groups excluding carboxylic acids is 1. The van der Waals surface area contributed by atoms with Gasteiger partial charge in [-0.15, -0.1) is 10.2 Å². The van der Waals surface area contributed by atoms with Gasteiger partial charge in [0.1, 0.15) is 5.69 Å². The van der Waals surface area contributed by atoms with Crippen LogP contribution in [0.4, 0.5) is 5.69 Å². The molecule has 33 heavy (non-hydrogen) atoms. The van der Waals surface area contributed by atoms with E-state index in [0.29, 0.717) is 29.2 Å². The highest BCUT2D eigenvalue weighted by molar-refractivity contribution is 9.10. The minimum Gasteiger partial charge on any atom is -0.493 e. The van der Waals surface area contributed by atoms with Gasteiger partial charge < -0.3 is 10.0 Å². The van der Waals surface area contributed by atoms with Crippen LogP contribution in [0.3, 0.4) is 0 Å². The summed E-state index contributed by atoms with van der Waals surface area (Å²) in [6, 6.07) is 11.5. The Kier molecular flexibility index (Phi) is 5.40. The number of benzene rings is 1. The zero-order chi connectivity index (χ0) is 23.4. The van der Waals surface area contributed by atoms with E-state index in [2.05, 4.69) is 51.9 Å². The fraction of sp³-hybridized carbons (Fsp3) is 0.440. The van der Waals surface area contributed by atoms with Gasteiger partial charge in [0.15, 0.2) is 12.4 Å². The van der Waals surface area contributed by atoms with E-state index in [1.165, 1.54) is 24.2 Å². The number of fused-ring (bicyclic) bond motifs is 3. The molecule has 8 heteroatoms. The molecule has 1 amide bonds. The number of aromatic nitrogens is 2. The predicted molar refractivity (Wildman–Crippen MR) is 130 cm³/mol. The van der Waals surface area contributed by atoms with Gasteiger partial charge in [-0.25, -0.2) is 0 Å². The standard InChI is InChI=1S/C25H28BrN5O2/c1-24(2)11-17-12-25(3,13-24)14-30(17)15-31-20-8-7-16(26)10-18(20)21(23(31)33)28-29-22(32)19-6-4-5-9-27-19/h4-10,17,33H,11-15H2,1-3H3/p+1/t17-,25-/m0/s1. The fourth-order valence-corrected chi connectivity index (χ4v) is 6.69. The molecule has 2 aromatic heterocycles. The number of aromatic hydroxyl groups is 1. The molecule has 2 bridgehead atoms. The second kappa shape index (κ2) is 8.02. The van der Waals surface area contributed by atoms with Gasteiger partial charge in [0, 0.05) is 34.3 Å². The Balaban J connectivity index is 1.50. The zero-order valence-electron chi connectivity index (χ0n) is 19.2. The third-order valence-corrected chi connectivity index (χ3v) is 7.63. The lowest BCUT2D eigenvalue weighted by atomic mass is 9.65. The second-order valence-electron chi connectivity index (χ2n) is 10.7. The summed E-state index contributed by atoms with van der Waals surface area (Å²) in [5.74, 6) is -0.501. The molecule has 172 valence electrons. The third-order valence-electron chi connectivity index (χ3n) is 7.13. The van der Waals surface area contributed by atoms with E-state index in [1.807, 2.05) is 22.8 Å². The van der Waals surface area contributed by atoms with Crippen molar-refractivity contribution >= 4 is 38.4 Å². The van der Waals surface area contributed by atoms with Crippen LogP contribution in [0.15, 0.2) is 57.3 Å². The Morgan fingerprint density at radius 1 is 1.27 bits per heavy atom. The number of pyridine rings is 1. The first-order valence-electron chi connectivity index (χ1n) is 11.4. The van der Waals surface area contributed by atoms with Crippen molar-refractivity contribution in [1.82, 2.24) is 9.55 Å². The van der Waals surface area contributed by atoms with Crippen molar-refractivity contribution in [1.29, 1.82) is 0 Å². The maximum absolute atomic E-state index is 12.4. The lowest BCUT2D eigenvalue weighted by Crippen LogP contribution is -3.13. The van der Waals surface area contributed by atoms with Gasteiger partial charge in [-0.1, -0.05) is 42.8 Å². The molecule has 1 saturated heterocycles. The fourth-order valence-electron chi connectivity index (χ4n) is 6.33. The lowest BCUT2D eigenvalue weighted by Gasteiger charge is -2.37. The molecule has 2 aliphatic rings. The van der Waals surface area contributed by atoms with E-state index < -0.39 is 5.91 Å². The molecule has 0 radical (unpaired) electrons. The summed E-state index contributed by atoms with van der Waals surface area (Å²) in [5.41, 5.74) is 2.09. The smallest absolute Gasteiger partial charge is 0.313 e. The highest BCUT2D eigenvalue weighted by Gasteiger charge is 2.52. The monoisotopic (exact) mass is 510 g/mol. The number of azo groups is 1. The second-order valence-corrected chi connectivity index (χ2v) is 11.6. The molecule has 3 aromatic rings. The molecule has 3 heterocycles. The number of carbonyl (C=O) groups is 1. The Labute approximate surface area is 201 Å². The topological polar surface area (TPSA) is 84.3 Å². The first-order chi connectivity index (χ1) is 15.6. The van der Waals surface area contributed by atoms with Crippen LogP contribution >= 0.6 is 15.9 Å². The first-order valence-corrected chi connectivity index (χ1v) is 12.2. The Bertz CT molecular complexity index is 1250. The predicted octanol–water partition coefficient (Wildman–Crippen LogP) is 4.87. The van der Waals surface area contributed by atoms with Crippen molar-refractivity contribution < 1.29 is 14.8 Å². The summed E-state index contributed by atoms with van der Waals surface area (Å²) < 4.78 is 2.80. The summed E-state index contributed by atoms with van der Waals surface area (Å²) in [5, 5.41) is 20.0. The summed E-state index contributed by atoms with van der Waals surface area (Å²) >= 11 is 3.52. The molecule has 0 spiro atoms. The van der Waals surface area contributed by atoms with Gasteiger partial charge >= 0.3 is 5.91 Å². The van der Waals surface area contributed by atoms with Gasteiger partial charge in [-0.3, -0.25) is 14.3 Å². The number of rotatable bonds is 4. The van der Waals surface area contributed by atoms with E-state index in [9.17, 15) is 9.90 Å². The molecular weight excluding hydrogens is 482 g/mol. The molecule has 1 aliphatic heterocycles. The normalized spacial score (nSPS) is 26.3. The van der Waals surface area contributed by atoms with E-state index >= 15 is 0 Å². The molecule has 1 aliphatic carbocycles. The molecule has 7 nitrogen and oxygen atoms in total. The molecule has 1 aromatic carbocycles. The highest BCUT2D eigenvalue weighted by atomic mass is 79.9.